The summed E-state index contributed by atoms with van der Waals surface area (Å²) in [6.07, 6.45) is 9.93. The van der Waals surface area contributed by atoms with Crippen molar-refractivity contribution in [2.24, 2.45) is 35.0 Å². The maximum absolute atomic E-state index is 12.2. The molecule has 4 aliphatic carbocycles. The summed E-state index contributed by atoms with van der Waals surface area (Å²) in [7, 11) is 0. The molecular weight excluding hydrogens is 284 g/mol. The summed E-state index contributed by atoms with van der Waals surface area (Å²) in [6, 6.07) is 0. The zero-order chi connectivity index (χ0) is 16.4. The van der Waals surface area contributed by atoms with Crippen molar-refractivity contribution in [2.75, 3.05) is 0 Å². The number of Topliss-reactive ketones (excluding diaryl/α,β-unsaturated/α-hetero) is 1. The largest absolute Gasteiger partial charge is 0.299 e. The van der Waals surface area contributed by atoms with Gasteiger partial charge in [0.15, 0.2) is 5.78 Å². The highest BCUT2D eigenvalue weighted by Gasteiger charge is 2.54. The van der Waals surface area contributed by atoms with E-state index in [9.17, 15) is 9.59 Å². The molecule has 0 aromatic heterocycles. The first-order valence-corrected chi connectivity index (χ1v) is 9.35. The van der Waals surface area contributed by atoms with E-state index < -0.39 is 0 Å². The number of carbonyl (C=O) groups excluding carboxylic acids is 2. The molecule has 0 saturated heterocycles. The van der Waals surface area contributed by atoms with E-state index in [0.29, 0.717) is 17.3 Å². The Bertz CT molecular complexity index is 613. The lowest BCUT2D eigenvalue weighted by atomic mass is 9.51. The summed E-state index contributed by atoms with van der Waals surface area (Å²) >= 11 is 0. The van der Waals surface area contributed by atoms with Crippen LogP contribution in [-0.4, -0.2) is 11.6 Å². The summed E-state index contributed by atoms with van der Waals surface area (Å²) in [5.74, 6) is 2.49. The van der Waals surface area contributed by atoms with Crippen LogP contribution in [0.1, 0.15) is 58.8 Å². The second kappa shape index (κ2) is 5.16. The zero-order valence-electron chi connectivity index (χ0n) is 14.4. The Kier molecular flexibility index (Phi) is 3.44. The van der Waals surface area contributed by atoms with Crippen molar-refractivity contribution in [2.45, 2.75) is 58.8 Å². The molecule has 3 fully saturated rings. The van der Waals surface area contributed by atoms with E-state index in [2.05, 4.69) is 13.5 Å². The fourth-order valence-corrected chi connectivity index (χ4v) is 6.46. The van der Waals surface area contributed by atoms with Gasteiger partial charge in [-0.3, -0.25) is 9.59 Å². The number of allylic oxidation sites excluding steroid dienone is 2. The Morgan fingerprint density at radius 2 is 2.00 bits per heavy atom. The SMILES string of the molecule is C=C1CCC2C3CCC4=CC(=O)C(C(C)=O)C[C@@H]4C3CC[C@]12C. The molecule has 0 heterocycles. The van der Waals surface area contributed by atoms with Crippen LogP contribution in [0.5, 0.6) is 0 Å². The Morgan fingerprint density at radius 3 is 2.74 bits per heavy atom. The van der Waals surface area contributed by atoms with Crippen LogP contribution in [0.4, 0.5) is 0 Å². The van der Waals surface area contributed by atoms with E-state index in [-0.39, 0.29) is 17.5 Å². The van der Waals surface area contributed by atoms with Crippen molar-refractivity contribution in [1.29, 1.82) is 0 Å². The Hall–Kier alpha value is -1.18. The van der Waals surface area contributed by atoms with E-state index in [4.69, 9.17) is 0 Å². The molecule has 0 spiro atoms. The molecule has 4 unspecified atom stereocenters. The van der Waals surface area contributed by atoms with Crippen molar-refractivity contribution >= 4 is 11.6 Å². The smallest absolute Gasteiger partial charge is 0.166 e. The molecule has 4 aliphatic rings. The highest BCUT2D eigenvalue weighted by molar-refractivity contribution is 6.07. The fourth-order valence-electron chi connectivity index (χ4n) is 6.46. The predicted molar refractivity (Wildman–Crippen MR) is 90.8 cm³/mol. The average molecular weight is 312 g/mol. The van der Waals surface area contributed by atoms with Gasteiger partial charge < -0.3 is 0 Å². The van der Waals surface area contributed by atoms with Gasteiger partial charge >= 0.3 is 0 Å². The van der Waals surface area contributed by atoms with Crippen molar-refractivity contribution in [3.63, 3.8) is 0 Å². The highest BCUT2D eigenvalue weighted by atomic mass is 16.1. The first-order chi connectivity index (χ1) is 10.9. The van der Waals surface area contributed by atoms with Gasteiger partial charge in [-0.2, -0.15) is 0 Å². The molecule has 0 amide bonds. The maximum Gasteiger partial charge on any atom is 0.166 e. The van der Waals surface area contributed by atoms with Crippen LogP contribution < -0.4 is 0 Å². The number of hydrogen-bond acceptors (Lipinski definition) is 2. The van der Waals surface area contributed by atoms with Crippen LogP contribution in [0.3, 0.4) is 0 Å². The van der Waals surface area contributed by atoms with Gasteiger partial charge in [0, 0.05) is 0 Å². The zero-order valence-corrected chi connectivity index (χ0v) is 14.4. The van der Waals surface area contributed by atoms with Crippen LogP contribution in [0.25, 0.3) is 0 Å². The third kappa shape index (κ3) is 2.13. The third-order valence-electron chi connectivity index (χ3n) is 7.86. The fraction of sp³-hybridized carbons (Fsp3) is 0.714. The van der Waals surface area contributed by atoms with Gasteiger partial charge in [0.1, 0.15) is 5.78 Å². The first-order valence-electron chi connectivity index (χ1n) is 9.35. The van der Waals surface area contributed by atoms with E-state index in [1.165, 1.54) is 43.3 Å². The van der Waals surface area contributed by atoms with E-state index >= 15 is 0 Å². The number of hydrogen-bond donors (Lipinski definition) is 0. The summed E-state index contributed by atoms with van der Waals surface area (Å²) in [6.45, 7) is 8.40. The Labute approximate surface area is 139 Å². The van der Waals surface area contributed by atoms with E-state index in [0.717, 1.165) is 24.7 Å². The normalized spacial score (nSPS) is 45.8. The summed E-state index contributed by atoms with van der Waals surface area (Å²) in [5.41, 5.74) is 3.18. The van der Waals surface area contributed by atoms with Gasteiger partial charge in [-0.15, -0.1) is 0 Å². The molecule has 2 nitrogen and oxygen atoms in total. The minimum absolute atomic E-state index is 0.0577. The molecule has 0 bridgehead atoms. The standard InChI is InChI=1S/C21H28O2/c1-12-4-7-19-16-6-5-14-10-20(23)17(13(2)22)11-18(14)15(16)8-9-21(12,19)3/h10,15-19H,1,4-9,11H2,2-3H3/t15?,16?,17?,18-,19?,21+/m0/s1. The molecule has 3 saturated carbocycles. The van der Waals surface area contributed by atoms with Crippen LogP contribution in [0, 0.1) is 35.0 Å². The summed E-state index contributed by atoms with van der Waals surface area (Å²) in [5, 5.41) is 0. The van der Waals surface area contributed by atoms with Crippen LogP contribution in [0.2, 0.25) is 0 Å². The van der Waals surface area contributed by atoms with Crippen molar-refractivity contribution in [1.82, 2.24) is 0 Å². The minimum atomic E-state index is -0.366. The number of ketones is 2. The van der Waals surface area contributed by atoms with Gasteiger partial charge in [-0.05, 0) is 87.0 Å². The maximum atomic E-state index is 12.2. The average Bonchev–Trinajstić information content (AvgIpc) is 2.81. The van der Waals surface area contributed by atoms with Crippen LogP contribution in [-0.2, 0) is 9.59 Å². The molecule has 6 atom stereocenters. The van der Waals surface area contributed by atoms with Crippen molar-refractivity contribution in [3.05, 3.63) is 23.8 Å². The molecule has 4 rings (SSSR count). The Morgan fingerprint density at radius 1 is 1.22 bits per heavy atom. The van der Waals surface area contributed by atoms with Crippen LogP contribution >= 0.6 is 0 Å². The molecule has 0 aromatic rings. The van der Waals surface area contributed by atoms with E-state index in [1.807, 2.05) is 6.08 Å². The van der Waals surface area contributed by atoms with Crippen molar-refractivity contribution in [3.8, 4) is 0 Å². The molecular formula is C21H28O2. The van der Waals surface area contributed by atoms with Crippen molar-refractivity contribution < 1.29 is 9.59 Å². The monoisotopic (exact) mass is 312 g/mol. The van der Waals surface area contributed by atoms with Gasteiger partial charge in [-0.1, -0.05) is 24.6 Å². The van der Waals surface area contributed by atoms with E-state index in [1.54, 1.807) is 6.92 Å². The molecule has 0 aliphatic heterocycles. The van der Waals surface area contributed by atoms with Gasteiger partial charge in [0.2, 0.25) is 0 Å². The predicted octanol–water partition coefficient (Wildman–Crippen LogP) is 4.50. The topological polar surface area (TPSA) is 34.1 Å². The third-order valence-corrected chi connectivity index (χ3v) is 7.86. The molecule has 0 N–H and O–H groups in total. The van der Waals surface area contributed by atoms with Gasteiger partial charge in [0.25, 0.3) is 0 Å². The number of rotatable bonds is 1. The first kappa shape index (κ1) is 15.4. The van der Waals surface area contributed by atoms with Crippen LogP contribution in [0.15, 0.2) is 23.8 Å². The molecule has 124 valence electrons. The van der Waals surface area contributed by atoms with Gasteiger partial charge in [-0.25, -0.2) is 0 Å². The number of fused-ring (bicyclic) bond motifs is 5. The minimum Gasteiger partial charge on any atom is -0.299 e. The highest BCUT2D eigenvalue weighted by Crippen LogP contribution is 2.63. The second-order valence-corrected chi connectivity index (χ2v) is 8.70. The lowest BCUT2D eigenvalue weighted by molar-refractivity contribution is -0.131. The quantitative estimate of drug-likeness (QED) is 0.528. The molecule has 0 aromatic carbocycles. The lowest BCUT2D eigenvalue weighted by Crippen LogP contribution is -2.46. The lowest BCUT2D eigenvalue weighted by Gasteiger charge is -2.53. The number of carbonyl (C=O) groups is 2. The Balaban J connectivity index is 1.64. The van der Waals surface area contributed by atoms with Gasteiger partial charge in [0.05, 0.1) is 5.92 Å². The second-order valence-electron chi connectivity index (χ2n) is 8.70. The molecule has 23 heavy (non-hydrogen) atoms. The molecule has 0 radical (unpaired) electrons. The molecule has 2 heteroatoms. The summed E-state index contributed by atoms with van der Waals surface area (Å²) in [4.78, 5) is 24.1. The summed E-state index contributed by atoms with van der Waals surface area (Å²) < 4.78 is 0.